The van der Waals surface area contributed by atoms with E-state index >= 15 is 0 Å². The maximum atomic E-state index is 11.1. The van der Waals surface area contributed by atoms with Gasteiger partial charge in [-0.25, -0.2) is 9.48 Å². The van der Waals surface area contributed by atoms with Crippen molar-refractivity contribution < 1.29 is 14.6 Å². The molecule has 1 aliphatic rings. The van der Waals surface area contributed by atoms with Crippen molar-refractivity contribution in [1.29, 1.82) is 5.26 Å². The van der Waals surface area contributed by atoms with E-state index in [1.165, 1.54) is 0 Å². The van der Waals surface area contributed by atoms with Crippen LogP contribution in [0.15, 0.2) is 60.3 Å². The Hall–Kier alpha value is -3.59. The van der Waals surface area contributed by atoms with Gasteiger partial charge in [-0.15, -0.1) is 0 Å². The molecule has 1 aromatic carbocycles. The summed E-state index contributed by atoms with van der Waals surface area (Å²) in [7, 11) is 1.57. The number of carboxylic acid groups (broad SMARTS) is 1. The highest BCUT2D eigenvalue weighted by Crippen LogP contribution is 2.31. The summed E-state index contributed by atoms with van der Waals surface area (Å²) in [5, 5.41) is 23.1. The first-order chi connectivity index (χ1) is 12.1. The molecule has 1 aliphatic carbocycles. The quantitative estimate of drug-likeness (QED) is 0.928. The minimum atomic E-state index is -0.949. The molecular formula is C19H15N3O3. The van der Waals surface area contributed by atoms with Gasteiger partial charge in [-0.3, -0.25) is 0 Å². The van der Waals surface area contributed by atoms with E-state index in [1.807, 2.05) is 24.3 Å². The Morgan fingerprint density at radius 2 is 2.16 bits per heavy atom. The Kier molecular flexibility index (Phi) is 4.48. The lowest BCUT2D eigenvalue weighted by molar-refractivity contribution is -0.132. The van der Waals surface area contributed by atoms with E-state index in [0.717, 1.165) is 5.56 Å². The Balaban J connectivity index is 2.08. The average Bonchev–Trinajstić information content (AvgIpc) is 2.90. The summed E-state index contributed by atoms with van der Waals surface area (Å²) in [5.74, 6) is -0.322. The zero-order valence-electron chi connectivity index (χ0n) is 13.5. The van der Waals surface area contributed by atoms with Gasteiger partial charge in [0.15, 0.2) is 0 Å². The zero-order chi connectivity index (χ0) is 17.8. The SMILES string of the molecule is COc1ccccc1-c1nn(C2=CC=C(C(=O)O)CC=C2)cc1C#N. The number of hydrogen-bond acceptors (Lipinski definition) is 4. The molecule has 1 heterocycles. The topological polar surface area (TPSA) is 88.1 Å². The van der Waals surface area contributed by atoms with Gasteiger partial charge in [0.2, 0.25) is 0 Å². The molecule has 0 unspecified atom stereocenters. The van der Waals surface area contributed by atoms with Gasteiger partial charge in [-0.05, 0) is 36.8 Å². The van der Waals surface area contributed by atoms with Crippen molar-refractivity contribution in [3.05, 3.63) is 65.9 Å². The monoisotopic (exact) mass is 333 g/mol. The van der Waals surface area contributed by atoms with Crippen LogP contribution in [-0.2, 0) is 4.79 Å². The molecule has 0 atom stereocenters. The molecule has 6 heteroatoms. The Morgan fingerprint density at radius 1 is 1.36 bits per heavy atom. The number of methoxy groups -OCH3 is 1. The molecule has 1 N–H and O–H groups in total. The smallest absolute Gasteiger partial charge is 0.331 e. The van der Waals surface area contributed by atoms with Crippen molar-refractivity contribution in [3.8, 4) is 23.1 Å². The highest BCUT2D eigenvalue weighted by molar-refractivity contribution is 5.88. The van der Waals surface area contributed by atoms with Gasteiger partial charge < -0.3 is 9.84 Å². The number of para-hydroxylation sites is 1. The third-order valence-electron chi connectivity index (χ3n) is 3.82. The molecule has 1 aromatic heterocycles. The van der Waals surface area contributed by atoms with Crippen molar-refractivity contribution in [1.82, 2.24) is 9.78 Å². The molecule has 6 nitrogen and oxygen atoms in total. The molecule has 0 amide bonds. The van der Waals surface area contributed by atoms with E-state index in [4.69, 9.17) is 9.84 Å². The number of carbonyl (C=O) groups is 1. The van der Waals surface area contributed by atoms with Crippen LogP contribution in [0, 0.1) is 11.3 Å². The van der Waals surface area contributed by atoms with Crippen molar-refractivity contribution in [3.63, 3.8) is 0 Å². The van der Waals surface area contributed by atoms with Gasteiger partial charge in [0, 0.05) is 17.3 Å². The minimum absolute atomic E-state index is 0.295. The second-order valence-electron chi connectivity index (χ2n) is 5.34. The number of ether oxygens (including phenoxy) is 1. The first-order valence-electron chi connectivity index (χ1n) is 7.58. The number of carboxylic acids is 1. The summed E-state index contributed by atoms with van der Waals surface area (Å²) in [6, 6.07) is 9.49. The Morgan fingerprint density at radius 3 is 2.88 bits per heavy atom. The van der Waals surface area contributed by atoms with Crippen LogP contribution in [0.2, 0.25) is 0 Å². The predicted octanol–water partition coefficient (Wildman–Crippen LogP) is 3.24. The summed E-state index contributed by atoms with van der Waals surface area (Å²) >= 11 is 0. The van der Waals surface area contributed by atoms with Crippen LogP contribution < -0.4 is 4.74 Å². The van der Waals surface area contributed by atoms with Crippen LogP contribution in [0.1, 0.15) is 12.0 Å². The number of rotatable bonds is 4. The van der Waals surface area contributed by atoms with Crippen molar-refractivity contribution >= 4 is 11.7 Å². The second-order valence-corrected chi connectivity index (χ2v) is 5.34. The average molecular weight is 333 g/mol. The fourth-order valence-corrected chi connectivity index (χ4v) is 2.55. The van der Waals surface area contributed by atoms with Gasteiger partial charge >= 0.3 is 5.97 Å². The van der Waals surface area contributed by atoms with E-state index < -0.39 is 5.97 Å². The molecule has 0 bridgehead atoms. The Labute approximate surface area is 144 Å². The van der Waals surface area contributed by atoms with Crippen molar-refractivity contribution in [2.24, 2.45) is 0 Å². The maximum absolute atomic E-state index is 11.1. The highest BCUT2D eigenvalue weighted by atomic mass is 16.5. The molecule has 0 spiro atoms. The number of nitrogens with zero attached hydrogens (tertiary/aromatic N) is 3. The minimum Gasteiger partial charge on any atom is -0.496 e. The van der Waals surface area contributed by atoms with Crippen molar-refractivity contribution in [2.75, 3.05) is 7.11 Å². The molecule has 0 saturated carbocycles. The van der Waals surface area contributed by atoms with Crippen LogP contribution in [0.5, 0.6) is 5.75 Å². The molecule has 0 saturated heterocycles. The van der Waals surface area contributed by atoms with Gasteiger partial charge in [-0.2, -0.15) is 10.4 Å². The van der Waals surface area contributed by atoms with Gasteiger partial charge in [0.25, 0.3) is 0 Å². The van der Waals surface area contributed by atoms with Crippen LogP contribution >= 0.6 is 0 Å². The van der Waals surface area contributed by atoms with Crippen LogP contribution in [0.3, 0.4) is 0 Å². The normalized spacial score (nSPS) is 13.4. The van der Waals surface area contributed by atoms with Gasteiger partial charge in [0.1, 0.15) is 17.5 Å². The first kappa shape index (κ1) is 16.3. The van der Waals surface area contributed by atoms with Crippen LogP contribution in [-0.4, -0.2) is 28.0 Å². The molecule has 124 valence electrons. The lowest BCUT2D eigenvalue weighted by Gasteiger charge is -2.06. The number of benzene rings is 1. The second kappa shape index (κ2) is 6.89. The molecule has 0 fully saturated rings. The zero-order valence-corrected chi connectivity index (χ0v) is 13.5. The lowest BCUT2D eigenvalue weighted by Crippen LogP contribution is -1.98. The molecular weight excluding hydrogens is 318 g/mol. The van der Waals surface area contributed by atoms with E-state index in [1.54, 1.807) is 42.3 Å². The largest absolute Gasteiger partial charge is 0.496 e. The molecule has 0 radical (unpaired) electrons. The first-order valence-corrected chi connectivity index (χ1v) is 7.58. The van der Waals surface area contributed by atoms with Crippen LogP contribution in [0.25, 0.3) is 17.0 Å². The maximum Gasteiger partial charge on any atom is 0.331 e. The Bertz CT molecular complexity index is 959. The summed E-state index contributed by atoms with van der Waals surface area (Å²) in [6.45, 7) is 0. The molecule has 25 heavy (non-hydrogen) atoms. The predicted molar refractivity (Wildman–Crippen MR) is 92.7 cm³/mol. The third-order valence-corrected chi connectivity index (χ3v) is 3.82. The van der Waals surface area contributed by atoms with E-state index in [-0.39, 0.29) is 0 Å². The summed E-state index contributed by atoms with van der Waals surface area (Å²) in [6.07, 6.45) is 8.72. The number of nitriles is 1. The summed E-state index contributed by atoms with van der Waals surface area (Å²) in [5.41, 5.74) is 2.62. The van der Waals surface area contributed by atoms with E-state index in [2.05, 4.69) is 11.2 Å². The van der Waals surface area contributed by atoms with E-state index in [9.17, 15) is 10.1 Å². The number of aliphatic carboxylic acids is 1. The molecule has 3 rings (SSSR count). The van der Waals surface area contributed by atoms with Crippen LogP contribution in [0.4, 0.5) is 0 Å². The summed E-state index contributed by atoms with van der Waals surface area (Å²) in [4.78, 5) is 11.1. The fourth-order valence-electron chi connectivity index (χ4n) is 2.55. The van der Waals surface area contributed by atoms with Crippen molar-refractivity contribution in [2.45, 2.75) is 6.42 Å². The molecule has 0 aliphatic heterocycles. The van der Waals surface area contributed by atoms with E-state index in [0.29, 0.717) is 34.7 Å². The lowest BCUT2D eigenvalue weighted by atomic mass is 10.1. The highest BCUT2D eigenvalue weighted by Gasteiger charge is 2.16. The number of hydrogen-bond donors (Lipinski definition) is 1. The van der Waals surface area contributed by atoms with Gasteiger partial charge in [-0.1, -0.05) is 18.2 Å². The third kappa shape index (κ3) is 3.21. The standard InChI is InChI=1S/C19H15N3O3/c1-25-17-8-3-2-7-16(17)18-14(11-20)12-22(21-18)15-6-4-5-13(9-10-15)19(23)24/h2-4,6-10,12H,5H2,1H3,(H,23,24). The number of aromatic nitrogens is 2. The number of allylic oxidation sites excluding steroid dienone is 5. The molecule has 2 aromatic rings. The van der Waals surface area contributed by atoms with Gasteiger partial charge in [0.05, 0.1) is 18.4 Å². The summed E-state index contributed by atoms with van der Waals surface area (Å²) < 4.78 is 6.92. The fraction of sp³-hybridized carbons (Fsp3) is 0.105.